The Morgan fingerprint density at radius 1 is 0.324 bits per heavy atom. The van der Waals surface area contributed by atoms with Gasteiger partial charge in [-0.3, -0.25) is 14.4 Å². The van der Waals surface area contributed by atoms with Crippen LogP contribution in [0.2, 0.25) is 0 Å². The molecule has 0 rings (SSSR count). The molecule has 0 aliphatic heterocycles. The van der Waals surface area contributed by atoms with Gasteiger partial charge in [-0.1, -0.05) is 157 Å². The molecule has 404 valence electrons. The lowest BCUT2D eigenvalue weighted by Gasteiger charge is -2.26. The average molecular weight is 966 g/mol. The predicted octanol–water partition coefficient (Wildman–Crippen LogP) is 16.0. The highest BCUT2D eigenvalue weighted by molar-refractivity contribution is 5.70. The van der Waals surface area contributed by atoms with Gasteiger partial charge in [0, 0.05) is 25.9 Å². The molecule has 0 spiro atoms. The lowest BCUT2D eigenvalue weighted by atomic mass is 10.1. The maximum atomic E-state index is 12.4. The van der Waals surface area contributed by atoms with Gasteiger partial charge in [-0.2, -0.15) is 0 Å². The van der Waals surface area contributed by atoms with E-state index in [2.05, 4.69) is 51.3 Å². The van der Waals surface area contributed by atoms with E-state index in [0.29, 0.717) is 19.3 Å². The van der Waals surface area contributed by atoms with E-state index in [0.717, 1.165) is 155 Å². The zero-order valence-corrected chi connectivity index (χ0v) is 46.3. The Balaban J connectivity index is 4.85. The second kappa shape index (κ2) is 51.6. The van der Waals surface area contributed by atoms with Crippen LogP contribution >= 0.6 is 0 Å². The van der Waals surface area contributed by atoms with Crippen molar-refractivity contribution in [1.82, 2.24) is 9.80 Å². The fraction of sp³-hybridized carbons (Fsp3) is 0.949. The Morgan fingerprint density at radius 2 is 0.574 bits per heavy atom. The minimum atomic E-state index is -0.00938. The van der Waals surface area contributed by atoms with Crippen LogP contribution in [0.25, 0.3) is 0 Å². The van der Waals surface area contributed by atoms with Gasteiger partial charge in [0.15, 0.2) is 0 Å². The first-order chi connectivity index (χ1) is 33.3. The number of rotatable bonds is 54. The minimum absolute atomic E-state index is 0.00780. The van der Waals surface area contributed by atoms with Gasteiger partial charge < -0.3 is 29.1 Å². The maximum Gasteiger partial charge on any atom is 0.306 e. The molecule has 0 fully saturated rings. The summed E-state index contributed by atoms with van der Waals surface area (Å²) in [6.45, 7) is 20.1. The van der Waals surface area contributed by atoms with Gasteiger partial charge in [0.1, 0.15) is 18.3 Å². The van der Waals surface area contributed by atoms with Crippen molar-refractivity contribution in [2.75, 3.05) is 45.9 Å². The van der Waals surface area contributed by atoms with Crippen molar-refractivity contribution in [3.63, 3.8) is 0 Å². The number of aliphatic hydroxyl groups excluding tert-OH is 1. The summed E-state index contributed by atoms with van der Waals surface area (Å²) >= 11 is 0. The van der Waals surface area contributed by atoms with Crippen LogP contribution in [0, 0.1) is 0 Å². The second-order valence-electron chi connectivity index (χ2n) is 20.5. The molecule has 0 aromatic carbocycles. The van der Waals surface area contributed by atoms with Crippen molar-refractivity contribution in [3.05, 3.63) is 0 Å². The molecule has 0 heterocycles. The van der Waals surface area contributed by atoms with E-state index in [9.17, 15) is 19.5 Å². The number of hydrogen-bond donors (Lipinski definition) is 1. The quantitative estimate of drug-likeness (QED) is 0.0362. The van der Waals surface area contributed by atoms with Crippen molar-refractivity contribution in [3.8, 4) is 0 Å². The Labute approximate surface area is 422 Å². The fourth-order valence-corrected chi connectivity index (χ4v) is 9.39. The van der Waals surface area contributed by atoms with Crippen molar-refractivity contribution in [2.24, 2.45) is 0 Å². The summed E-state index contributed by atoms with van der Waals surface area (Å²) in [5.74, 6) is -0.0250. The Hall–Kier alpha value is -1.71. The number of nitrogens with zero attached hydrogens (tertiary/aromatic N) is 2. The lowest BCUT2D eigenvalue weighted by Crippen LogP contribution is -2.32. The number of ether oxygens (including phenoxy) is 3. The first-order valence-electron chi connectivity index (χ1n) is 29.9. The number of hydrogen-bond acceptors (Lipinski definition) is 9. The van der Waals surface area contributed by atoms with Crippen LogP contribution in [-0.2, 0) is 28.6 Å². The largest absolute Gasteiger partial charge is 0.462 e. The van der Waals surface area contributed by atoms with E-state index >= 15 is 0 Å². The Kier molecular flexibility index (Phi) is 50.3. The van der Waals surface area contributed by atoms with Crippen molar-refractivity contribution < 1.29 is 33.7 Å². The van der Waals surface area contributed by atoms with Crippen LogP contribution in [0.1, 0.15) is 298 Å². The normalized spacial score (nSPS) is 13.0. The van der Waals surface area contributed by atoms with Gasteiger partial charge in [0.2, 0.25) is 0 Å². The van der Waals surface area contributed by atoms with Gasteiger partial charge in [-0.15, -0.1) is 0 Å². The molecule has 0 amide bonds. The van der Waals surface area contributed by atoms with Gasteiger partial charge in [-0.25, -0.2) is 0 Å². The summed E-state index contributed by atoms with van der Waals surface area (Å²) in [5.41, 5.74) is 0. The molecule has 0 bridgehead atoms. The van der Waals surface area contributed by atoms with Crippen LogP contribution in [0.4, 0.5) is 0 Å². The van der Waals surface area contributed by atoms with Crippen LogP contribution in [0.5, 0.6) is 0 Å². The zero-order chi connectivity index (χ0) is 50.0. The molecule has 9 nitrogen and oxygen atoms in total. The summed E-state index contributed by atoms with van der Waals surface area (Å²) in [4.78, 5) is 42.7. The highest BCUT2D eigenvalue weighted by atomic mass is 16.6. The van der Waals surface area contributed by atoms with Crippen LogP contribution in [-0.4, -0.2) is 97.0 Å². The summed E-state index contributed by atoms with van der Waals surface area (Å²) in [5, 5.41) is 9.39. The van der Waals surface area contributed by atoms with E-state index in [1.165, 1.54) is 122 Å². The molecule has 0 aromatic rings. The van der Waals surface area contributed by atoms with Gasteiger partial charge in [0.25, 0.3) is 0 Å². The lowest BCUT2D eigenvalue weighted by molar-refractivity contribution is -0.150. The Bertz CT molecular complexity index is 1040. The van der Waals surface area contributed by atoms with Crippen LogP contribution in [0.3, 0.4) is 0 Å². The number of esters is 3. The molecule has 9 heteroatoms. The van der Waals surface area contributed by atoms with Crippen molar-refractivity contribution >= 4 is 17.9 Å². The Morgan fingerprint density at radius 3 is 0.838 bits per heavy atom. The standard InChI is InChI=1S/C59H116N2O7/c1-7-13-29-41-54(10-4)66-57(63)44-32-22-16-19-25-35-47-60(48-36-26-20-17-23-33-45-58(64)67-55(11-5)42-30-14-8-2)51-40-52-61(50-38-28-39-53-62)49-37-27-21-18-24-34-46-59(65)68-56(12-6)43-31-15-9-3/h54-56,62H,7-53H2,1-6H3. The topological polar surface area (TPSA) is 106 Å². The molecular weight excluding hydrogens is 849 g/mol. The second-order valence-corrected chi connectivity index (χ2v) is 20.5. The highest BCUT2D eigenvalue weighted by Crippen LogP contribution is 2.18. The summed E-state index contributed by atoms with van der Waals surface area (Å²) in [6, 6.07) is 0. The molecule has 0 saturated heterocycles. The summed E-state index contributed by atoms with van der Waals surface area (Å²) in [6.07, 6.45) is 43.5. The monoisotopic (exact) mass is 965 g/mol. The third-order valence-electron chi connectivity index (χ3n) is 14.0. The molecule has 68 heavy (non-hydrogen) atoms. The number of unbranched alkanes of at least 4 members (excludes halogenated alkanes) is 23. The van der Waals surface area contributed by atoms with E-state index < -0.39 is 0 Å². The van der Waals surface area contributed by atoms with E-state index in [4.69, 9.17) is 14.2 Å². The van der Waals surface area contributed by atoms with Crippen molar-refractivity contribution in [1.29, 1.82) is 0 Å². The molecule has 0 aromatic heterocycles. The molecule has 3 unspecified atom stereocenters. The summed E-state index contributed by atoms with van der Waals surface area (Å²) in [7, 11) is 0. The van der Waals surface area contributed by atoms with E-state index in [1.807, 2.05) is 0 Å². The first kappa shape index (κ1) is 66.3. The zero-order valence-electron chi connectivity index (χ0n) is 46.3. The molecule has 0 saturated carbocycles. The smallest absolute Gasteiger partial charge is 0.306 e. The first-order valence-corrected chi connectivity index (χ1v) is 29.9. The fourth-order valence-electron chi connectivity index (χ4n) is 9.39. The SMILES string of the molecule is CCCCCC(CC)OC(=O)CCCCCCCCN(CCCCCO)CCCN(CCCCCCCCC(=O)OC(CC)CCCCC)CCCCCCCCC(=O)OC(CC)CCCCC. The third-order valence-corrected chi connectivity index (χ3v) is 14.0. The van der Waals surface area contributed by atoms with Gasteiger partial charge >= 0.3 is 17.9 Å². The van der Waals surface area contributed by atoms with E-state index in [1.54, 1.807) is 0 Å². The highest BCUT2D eigenvalue weighted by Gasteiger charge is 2.15. The minimum Gasteiger partial charge on any atom is -0.462 e. The van der Waals surface area contributed by atoms with Gasteiger partial charge in [-0.05, 0) is 161 Å². The van der Waals surface area contributed by atoms with Crippen LogP contribution < -0.4 is 0 Å². The molecule has 3 atom stereocenters. The predicted molar refractivity (Wildman–Crippen MR) is 288 cm³/mol. The van der Waals surface area contributed by atoms with Gasteiger partial charge in [0.05, 0.1) is 0 Å². The molecule has 1 N–H and O–H groups in total. The third kappa shape index (κ3) is 44.2. The average Bonchev–Trinajstić information content (AvgIpc) is 3.33. The summed E-state index contributed by atoms with van der Waals surface area (Å²) < 4.78 is 17.3. The molecular formula is C59H116N2O7. The maximum absolute atomic E-state index is 12.4. The van der Waals surface area contributed by atoms with Crippen molar-refractivity contribution in [2.45, 2.75) is 317 Å². The van der Waals surface area contributed by atoms with E-state index in [-0.39, 0.29) is 42.8 Å². The number of aliphatic hydroxyl groups is 1. The number of carbonyl (C=O) groups excluding carboxylic acids is 3. The molecule has 0 radical (unpaired) electrons. The molecule has 0 aliphatic rings. The molecule has 0 aliphatic carbocycles. The number of carbonyl (C=O) groups is 3. The van der Waals surface area contributed by atoms with Crippen LogP contribution in [0.15, 0.2) is 0 Å².